The first-order valence-electron chi connectivity index (χ1n) is 7.42. The van der Waals surface area contributed by atoms with E-state index < -0.39 is 13.9 Å². The van der Waals surface area contributed by atoms with E-state index >= 15 is 0 Å². The molecule has 0 saturated carbocycles. The average Bonchev–Trinajstić information content (AvgIpc) is 2.19. The highest BCUT2D eigenvalue weighted by Gasteiger charge is 2.37. The third-order valence-electron chi connectivity index (χ3n) is 3.67. The lowest BCUT2D eigenvalue weighted by Gasteiger charge is -2.37. The SMILES string of the molecule is CCC(CO[Si](C)(C)C(C)(C)C)NC(=O)OC(C)(C)C. The number of ether oxygens (including phenoxy) is 1. The van der Waals surface area contributed by atoms with Gasteiger partial charge in [-0.15, -0.1) is 0 Å². The van der Waals surface area contributed by atoms with Gasteiger partial charge in [-0.05, 0) is 45.3 Å². The summed E-state index contributed by atoms with van der Waals surface area (Å²) in [6.45, 7) is 19.2. The Kier molecular flexibility index (Phi) is 6.75. The molecule has 0 aliphatic rings. The van der Waals surface area contributed by atoms with E-state index in [1.807, 2.05) is 27.7 Å². The van der Waals surface area contributed by atoms with Gasteiger partial charge >= 0.3 is 6.09 Å². The minimum absolute atomic E-state index is 0.000949. The Labute approximate surface area is 125 Å². The fraction of sp³-hybridized carbons (Fsp3) is 0.933. The number of carbonyl (C=O) groups is 1. The summed E-state index contributed by atoms with van der Waals surface area (Å²) >= 11 is 0. The smallest absolute Gasteiger partial charge is 0.407 e. The number of amides is 1. The second-order valence-corrected chi connectivity index (χ2v) is 12.6. The number of carbonyl (C=O) groups excluding carboxylic acids is 1. The standard InChI is InChI=1S/C15H33NO3Si/c1-10-12(16-13(17)19-14(2,3)4)11-18-20(8,9)15(5,6)7/h12H,10-11H2,1-9H3,(H,16,17). The molecule has 1 unspecified atom stereocenters. The van der Waals surface area contributed by atoms with Crippen LogP contribution in [0.1, 0.15) is 54.9 Å². The molecule has 0 bridgehead atoms. The highest BCUT2D eigenvalue weighted by molar-refractivity contribution is 6.74. The summed E-state index contributed by atoms with van der Waals surface area (Å²) < 4.78 is 11.4. The van der Waals surface area contributed by atoms with Gasteiger partial charge in [-0.3, -0.25) is 0 Å². The molecule has 0 spiro atoms. The summed E-state index contributed by atoms with van der Waals surface area (Å²) in [6, 6.07) is -0.000949. The molecule has 0 radical (unpaired) electrons. The number of nitrogens with one attached hydrogen (secondary N) is 1. The summed E-state index contributed by atoms with van der Waals surface area (Å²) in [5.74, 6) is 0. The molecule has 5 heteroatoms. The first-order valence-corrected chi connectivity index (χ1v) is 10.3. The van der Waals surface area contributed by atoms with Crippen LogP contribution < -0.4 is 5.32 Å². The summed E-state index contributed by atoms with van der Waals surface area (Å²) in [5.41, 5.74) is -0.470. The van der Waals surface area contributed by atoms with Crippen LogP contribution in [-0.4, -0.2) is 32.7 Å². The molecule has 0 saturated heterocycles. The van der Waals surface area contributed by atoms with Crippen LogP contribution in [0.25, 0.3) is 0 Å². The highest BCUT2D eigenvalue weighted by Crippen LogP contribution is 2.36. The fourth-order valence-electron chi connectivity index (χ4n) is 1.26. The summed E-state index contributed by atoms with van der Waals surface area (Å²) in [6.07, 6.45) is 0.455. The van der Waals surface area contributed by atoms with E-state index in [0.717, 1.165) is 6.42 Å². The molecular formula is C15H33NO3Si. The molecule has 1 atom stereocenters. The van der Waals surface area contributed by atoms with E-state index in [1.165, 1.54) is 0 Å². The van der Waals surface area contributed by atoms with Crippen LogP contribution in [0.2, 0.25) is 18.1 Å². The van der Waals surface area contributed by atoms with Gasteiger partial charge in [-0.2, -0.15) is 0 Å². The quantitative estimate of drug-likeness (QED) is 0.770. The first kappa shape index (κ1) is 19.4. The molecule has 0 aromatic carbocycles. The predicted molar refractivity (Wildman–Crippen MR) is 86.6 cm³/mol. The second kappa shape index (κ2) is 6.94. The summed E-state index contributed by atoms with van der Waals surface area (Å²) in [5, 5.41) is 3.06. The van der Waals surface area contributed by atoms with Crippen molar-refractivity contribution in [2.45, 2.75) is 84.7 Å². The van der Waals surface area contributed by atoms with E-state index in [2.05, 4.69) is 39.2 Å². The van der Waals surface area contributed by atoms with Crippen molar-refractivity contribution in [1.82, 2.24) is 5.32 Å². The topological polar surface area (TPSA) is 47.6 Å². The van der Waals surface area contributed by atoms with E-state index in [0.29, 0.717) is 6.61 Å². The van der Waals surface area contributed by atoms with Crippen molar-refractivity contribution in [2.24, 2.45) is 0 Å². The molecule has 4 nitrogen and oxygen atoms in total. The van der Waals surface area contributed by atoms with Gasteiger partial charge in [-0.1, -0.05) is 27.7 Å². The first-order chi connectivity index (χ1) is 8.78. The fourth-order valence-corrected chi connectivity index (χ4v) is 2.31. The van der Waals surface area contributed by atoms with Gasteiger partial charge in [0.05, 0.1) is 12.6 Å². The third-order valence-corrected chi connectivity index (χ3v) is 8.17. The van der Waals surface area contributed by atoms with Gasteiger partial charge in [0, 0.05) is 0 Å². The molecule has 0 rings (SSSR count). The molecule has 0 aromatic rings. The zero-order chi connectivity index (χ0) is 16.2. The lowest BCUT2D eigenvalue weighted by molar-refractivity contribution is 0.0483. The van der Waals surface area contributed by atoms with Crippen molar-refractivity contribution in [3.63, 3.8) is 0 Å². The normalized spacial score (nSPS) is 14.8. The largest absolute Gasteiger partial charge is 0.444 e. The van der Waals surface area contributed by atoms with Crippen molar-refractivity contribution in [1.29, 1.82) is 0 Å². The van der Waals surface area contributed by atoms with Crippen molar-refractivity contribution in [3.05, 3.63) is 0 Å². The van der Waals surface area contributed by atoms with Crippen LogP contribution in [0, 0.1) is 0 Å². The van der Waals surface area contributed by atoms with E-state index in [-0.39, 0.29) is 17.2 Å². The van der Waals surface area contributed by atoms with Gasteiger partial charge in [0.15, 0.2) is 8.32 Å². The molecular weight excluding hydrogens is 270 g/mol. The molecule has 20 heavy (non-hydrogen) atoms. The Morgan fingerprint density at radius 2 is 1.65 bits per heavy atom. The molecule has 0 heterocycles. The summed E-state index contributed by atoms with van der Waals surface area (Å²) in [4.78, 5) is 11.8. The third kappa shape index (κ3) is 7.29. The molecule has 0 aliphatic heterocycles. The number of hydrogen-bond donors (Lipinski definition) is 1. The maximum atomic E-state index is 11.8. The Bertz CT molecular complexity index is 316. The van der Waals surface area contributed by atoms with Crippen LogP contribution in [-0.2, 0) is 9.16 Å². The monoisotopic (exact) mass is 303 g/mol. The van der Waals surface area contributed by atoms with Gasteiger partial charge in [0.1, 0.15) is 5.60 Å². The molecule has 1 N–H and O–H groups in total. The minimum atomic E-state index is -1.77. The molecule has 1 amide bonds. The molecule has 0 fully saturated rings. The average molecular weight is 304 g/mol. The van der Waals surface area contributed by atoms with Gasteiger partial charge in [0.25, 0.3) is 0 Å². The number of hydrogen-bond acceptors (Lipinski definition) is 3. The van der Waals surface area contributed by atoms with Gasteiger partial charge in [-0.25, -0.2) is 4.79 Å². The Morgan fingerprint density at radius 1 is 1.15 bits per heavy atom. The van der Waals surface area contributed by atoms with Crippen molar-refractivity contribution < 1.29 is 14.0 Å². The maximum absolute atomic E-state index is 11.8. The predicted octanol–water partition coefficient (Wildman–Crippen LogP) is 4.31. The van der Waals surface area contributed by atoms with Crippen LogP contribution in [0.3, 0.4) is 0 Å². The van der Waals surface area contributed by atoms with E-state index in [1.54, 1.807) is 0 Å². The van der Waals surface area contributed by atoms with Crippen LogP contribution in [0.15, 0.2) is 0 Å². The van der Waals surface area contributed by atoms with Crippen molar-refractivity contribution in [3.8, 4) is 0 Å². The maximum Gasteiger partial charge on any atom is 0.407 e. The lowest BCUT2D eigenvalue weighted by Crippen LogP contribution is -2.47. The summed E-state index contributed by atoms with van der Waals surface area (Å²) in [7, 11) is -1.77. The Morgan fingerprint density at radius 3 is 2.00 bits per heavy atom. The molecule has 0 aromatic heterocycles. The van der Waals surface area contributed by atoms with Crippen LogP contribution in [0.5, 0.6) is 0 Å². The van der Waals surface area contributed by atoms with Crippen molar-refractivity contribution in [2.75, 3.05) is 6.61 Å². The molecule has 0 aliphatic carbocycles. The van der Waals surface area contributed by atoms with Gasteiger partial charge < -0.3 is 14.5 Å². The zero-order valence-corrected chi connectivity index (χ0v) is 15.7. The minimum Gasteiger partial charge on any atom is -0.444 e. The number of alkyl carbamates (subject to hydrolysis) is 1. The Hall–Kier alpha value is -0.553. The van der Waals surface area contributed by atoms with Crippen LogP contribution in [0.4, 0.5) is 4.79 Å². The van der Waals surface area contributed by atoms with E-state index in [9.17, 15) is 4.79 Å². The highest BCUT2D eigenvalue weighted by atomic mass is 28.4. The lowest BCUT2D eigenvalue weighted by atomic mass is 10.2. The zero-order valence-electron chi connectivity index (χ0n) is 14.7. The van der Waals surface area contributed by atoms with Gasteiger partial charge in [0.2, 0.25) is 0 Å². The van der Waals surface area contributed by atoms with E-state index in [4.69, 9.17) is 9.16 Å². The van der Waals surface area contributed by atoms with Crippen molar-refractivity contribution >= 4 is 14.4 Å². The van der Waals surface area contributed by atoms with Crippen LogP contribution >= 0.6 is 0 Å². The second-order valence-electron chi connectivity index (χ2n) is 7.82. The number of rotatable bonds is 5. The Balaban J connectivity index is 4.41. The molecule has 120 valence electrons.